The Morgan fingerprint density at radius 3 is 2.00 bits per heavy atom. The maximum absolute atomic E-state index is 5.38. The van der Waals surface area contributed by atoms with Crippen molar-refractivity contribution in [3.63, 3.8) is 0 Å². The van der Waals surface area contributed by atoms with E-state index in [9.17, 15) is 0 Å². The first kappa shape index (κ1) is 10.5. The molecule has 0 atom stereocenters. The van der Waals surface area contributed by atoms with Gasteiger partial charge in [-0.05, 0) is 17.4 Å². The van der Waals surface area contributed by atoms with E-state index in [4.69, 9.17) is 11.6 Å². The Hall–Kier alpha value is 0.507. The number of halogens is 1. The second-order valence-electron chi connectivity index (χ2n) is 1.40. The van der Waals surface area contributed by atoms with Gasteiger partial charge in [-0.3, -0.25) is 0 Å². The fraction of sp³-hybridized carbons (Fsp3) is 1.00. The molecule has 0 aromatic carbocycles. The highest BCUT2D eigenvalue weighted by atomic mass is 35.5. The van der Waals surface area contributed by atoms with Gasteiger partial charge in [0.25, 0.3) is 0 Å². The lowest BCUT2D eigenvalue weighted by atomic mass is 10.3. The molecular formula is C5H15ClSi. The van der Waals surface area contributed by atoms with Crippen LogP contribution in [0.5, 0.6) is 0 Å². The Bertz CT molecular complexity index is 20.0. The molecule has 0 saturated carbocycles. The maximum atomic E-state index is 5.38. The van der Waals surface area contributed by atoms with Crippen LogP contribution in [0.1, 0.15) is 26.2 Å². The molecule has 0 bridgehead atoms. The zero-order valence-corrected chi connectivity index (χ0v) is 4.96. The average molecular weight is 139 g/mol. The third-order valence-electron chi connectivity index (χ3n) is 0.737. The lowest BCUT2D eigenvalue weighted by Gasteiger charge is -1.84. The Labute approximate surface area is 55.3 Å². The molecule has 0 heterocycles. The molecule has 0 aromatic heterocycles. The van der Waals surface area contributed by atoms with Crippen LogP contribution in [0.15, 0.2) is 0 Å². The summed E-state index contributed by atoms with van der Waals surface area (Å²) in [4.78, 5) is 0. The summed E-state index contributed by atoms with van der Waals surface area (Å²) in [5.74, 6) is 0.827. The minimum Gasteiger partial charge on any atom is -0.127 e. The van der Waals surface area contributed by atoms with Crippen molar-refractivity contribution in [2.24, 2.45) is 0 Å². The Balaban J connectivity index is 0. The van der Waals surface area contributed by atoms with Gasteiger partial charge in [0.2, 0.25) is 0 Å². The summed E-state index contributed by atoms with van der Waals surface area (Å²) in [6, 6.07) is 0. The van der Waals surface area contributed by atoms with Crippen LogP contribution in [0.25, 0.3) is 0 Å². The first-order valence-corrected chi connectivity index (χ1v) is 3.01. The van der Waals surface area contributed by atoms with Crippen LogP contribution in [-0.4, -0.2) is 16.8 Å². The lowest BCUT2D eigenvalue weighted by Crippen LogP contribution is -1.70. The summed E-state index contributed by atoms with van der Waals surface area (Å²) in [5, 5.41) is 0. The summed E-state index contributed by atoms with van der Waals surface area (Å²) < 4.78 is 0. The number of hydrogen-bond donors (Lipinski definition) is 0. The second kappa shape index (κ2) is 9.71. The van der Waals surface area contributed by atoms with Gasteiger partial charge >= 0.3 is 0 Å². The van der Waals surface area contributed by atoms with E-state index in [2.05, 4.69) is 6.92 Å². The van der Waals surface area contributed by atoms with Gasteiger partial charge in [-0.2, -0.15) is 0 Å². The Kier molecular flexibility index (Phi) is 14.5. The van der Waals surface area contributed by atoms with Gasteiger partial charge in [0.05, 0.1) is 0 Å². The molecule has 0 aliphatic rings. The largest absolute Gasteiger partial charge is 0.127 e. The highest BCUT2D eigenvalue weighted by Crippen LogP contribution is 1.93. The summed E-state index contributed by atoms with van der Waals surface area (Å²) in [6.07, 6.45) is 3.73. The van der Waals surface area contributed by atoms with Crippen molar-refractivity contribution in [2.45, 2.75) is 26.2 Å². The summed E-state index contributed by atoms with van der Waals surface area (Å²) in [5.41, 5.74) is 0. The van der Waals surface area contributed by atoms with Gasteiger partial charge in [0.1, 0.15) is 0 Å². The van der Waals surface area contributed by atoms with Gasteiger partial charge in [-0.15, -0.1) is 11.6 Å². The number of rotatable bonds is 3. The molecular weight excluding hydrogens is 124 g/mol. The quantitative estimate of drug-likeness (QED) is 0.310. The standard InChI is InChI=1S/C5H11Cl.H4Si/c1-2-3-4-5-6;/h2-5H2,1H3;1H4. The summed E-state index contributed by atoms with van der Waals surface area (Å²) in [6.45, 7) is 2.17. The van der Waals surface area contributed by atoms with Gasteiger partial charge in [-0.1, -0.05) is 19.8 Å². The van der Waals surface area contributed by atoms with E-state index in [1.54, 1.807) is 0 Å². The van der Waals surface area contributed by atoms with Crippen LogP contribution >= 0.6 is 11.6 Å². The molecule has 46 valence electrons. The van der Waals surface area contributed by atoms with Crippen molar-refractivity contribution in [2.75, 3.05) is 5.88 Å². The highest BCUT2D eigenvalue weighted by Gasteiger charge is 1.76. The van der Waals surface area contributed by atoms with Crippen LogP contribution < -0.4 is 0 Å². The first-order valence-electron chi connectivity index (χ1n) is 2.47. The maximum Gasteiger partial charge on any atom is 0.0223 e. The van der Waals surface area contributed by atoms with E-state index in [0.29, 0.717) is 0 Å². The number of alkyl halides is 1. The molecule has 7 heavy (non-hydrogen) atoms. The summed E-state index contributed by atoms with van der Waals surface area (Å²) in [7, 11) is 0. The van der Waals surface area contributed by atoms with Gasteiger partial charge in [-0.25, -0.2) is 0 Å². The van der Waals surface area contributed by atoms with E-state index < -0.39 is 0 Å². The van der Waals surface area contributed by atoms with E-state index >= 15 is 0 Å². The average Bonchev–Trinajstić information content (AvgIpc) is 1.61. The van der Waals surface area contributed by atoms with Crippen molar-refractivity contribution in [1.29, 1.82) is 0 Å². The van der Waals surface area contributed by atoms with E-state index in [-0.39, 0.29) is 11.0 Å². The zero-order valence-electron chi connectivity index (χ0n) is 4.21. The van der Waals surface area contributed by atoms with Crippen LogP contribution in [0.2, 0.25) is 0 Å². The molecule has 0 unspecified atom stereocenters. The molecule has 0 N–H and O–H groups in total. The normalized spacial score (nSPS) is 7.71. The topological polar surface area (TPSA) is 0 Å². The fourth-order valence-corrected chi connectivity index (χ4v) is 0.533. The SMILES string of the molecule is CCCCCCl.[SiH4]. The molecule has 2 heteroatoms. The number of hydrogen-bond acceptors (Lipinski definition) is 0. The molecule has 0 rings (SSSR count). The molecule has 0 aliphatic heterocycles. The zero-order chi connectivity index (χ0) is 4.83. The molecule has 0 nitrogen and oxygen atoms in total. The molecule has 0 spiro atoms. The molecule has 0 saturated heterocycles. The van der Waals surface area contributed by atoms with Gasteiger partial charge in [0, 0.05) is 5.88 Å². The van der Waals surface area contributed by atoms with Crippen molar-refractivity contribution in [1.82, 2.24) is 0 Å². The third kappa shape index (κ3) is 10.7. The predicted octanol–water partition coefficient (Wildman–Crippen LogP) is 0.964. The van der Waals surface area contributed by atoms with Crippen LogP contribution in [0.4, 0.5) is 0 Å². The fourth-order valence-electron chi connectivity index (χ4n) is 0.344. The second-order valence-corrected chi connectivity index (χ2v) is 1.77. The smallest absolute Gasteiger partial charge is 0.0223 e. The van der Waals surface area contributed by atoms with Crippen molar-refractivity contribution < 1.29 is 0 Å². The van der Waals surface area contributed by atoms with E-state index in [1.807, 2.05) is 0 Å². The highest BCUT2D eigenvalue weighted by molar-refractivity contribution is 6.17. The van der Waals surface area contributed by atoms with Crippen molar-refractivity contribution >= 4 is 22.6 Å². The van der Waals surface area contributed by atoms with Crippen LogP contribution in [0, 0.1) is 0 Å². The Morgan fingerprint density at radius 1 is 1.29 bits per heavy atom. The lowest BCUT2D eigenvalue weighted by molar-refractivity contribution is 0.776. The third-order valence-corrected chi connectivity index (χ3v) is 1.00. The van der Waals surface area contributed by atoms with Gasteiger partial charge < -0.3 is 0 Å². The van der Waals surface area contributed by atoms with E-state index in [0.717, 1.165) is 5.88 Å². The molecule has 0 aliphatic carbocycles. The van der Waals surface area contributed by atoms with Gasteiger partial charge in [0.15, 0.2) is 0 Å². The monoisotopic (exact) mass is 138 g/mol. The molecule has 0 aromatic rings. The first-order chi connectivity index (χ1) is 2.91. The van der Waals surface area contributed by atoms with Crippen LogP contribution in [-0.2, 0) is 0 Å². The predicted molar refractivity (Wildman–Crippen MR) is 41.6 cm³/mol. The number of unbranched alkanes of at least 4 members (excludes halogenated alkanes) is 2. The minimum absolute atomic E-state index is 0. The van der Waals surface area contributed by atoms with Crippen molar-refractivity contribution in [3.8, 4) is 0 Å². The van der Waals surface area contributed by atoms with Crippen molar-refractivity contribution in [3.05, 3.63) is 0 Å². The summed E-state index contributed by atoms with van der Waals surface area (Å²) >= 11 is 5.38. The minimum atomic E-state index is 0. The Morgan fingerprint density at radius 2 is 1.86 bits per heavy atom. The van der Waals surface area contributed by atoms with E-state index in [1.165, 1.54) is 19.3 Å². The van der Waals surface area contributed by atoms with Crippen LogP contribution in [0.3, 0.4) is 0 Å². The molecule has 0 amide bonds. The molecule has 0 fully saturated rings. The molecule has 0 radical (unpaired) electrons.